The van der Waals surface area contributed by atoms with Crippen LogP contribution in [0.3, 0.4) is 0 Å². The molecule has 5 nitrogen and oxygen atoms in total. The van der Waals surface area contributed by atoms with Crippen molar-refractivity contribution in [3.05, 3.63) is 47.1 Å². The van der Waals surface area contributed by atoms with E-state index >= 15 is 0 Å². The Hall–Kier alpha value is -2.17. The van der Waals surface area contributed by atoms with Crippen LogP contribution in [-0.2, 0) is 19.4 Å². The van der Waals surface area contributed by atoms with E-state index in [0.717, 1.165) is 24.0 Å². The van der Waals surface area contributed by atoms with E-state index < -0.39 is 0 Å². The van der Waals surface area contributed by atoms with Crippen LogP contribution in [0, 0.1) is 0 Å². The van der Waals surface area contributed by atoms with E-state index in [1.807, 2.05) is 31.2 Å². The van der Waals surface area contributed by atoms with E-state index in [4.69, 9.17) is 4.52 Å². The van der Waals surface area contributed by atoms with Crippen LogP contribution in [0.25, 0.3) is 0 Å². The summed E-state index contributed by atoms with van der Waals surface area (Å²) >= 11 is 0. The number of fused-ring (bicyclic) bond motifs is 1. The smallest absolute Gasteiger partial charge is 0.254 e. The zero-order valence-electron chi connectivity index (χ0n) is 10.8. The third-order valence-corrected chi connectivity index (χ3v) is 3.34. The lowest BCUT2D eigenvalue weighted by Crippen LogP contribution is -2.37. The second kappa shape index (κ2) is 4.84. The van der Waals surface area contributed by atoms with Gasteiger partial charge in [-0.15, -0.1) is 0 Å². The number of hydrogen-bond acceptors (Lipinski definition) is 4. The van der Waals surface area contributed by atoms with Crippen molar-refractivity contribution in [2.24, 2.45) is 0 Å². The van der Waals surface area contributed by atoms with Crippen molar-refractivity contribution in [2.45, 2.75) is 26.3 Å². The predicted molar refractivity (Wildman–Crippen MR) is 68.6 cm³/mol. The molecule has 0 bridgehead atoms. The first kappa shape index (κ1) is 11.9. The number of aromatic nitrogens is 2. The topological polar surface area (TPSA) is 59.2 Å². The first-order valence-electron chi connectivity index (χ1n) is 6.46. The van der Waals surface area contributed by atoms with E-state index in [-0.39, 0.29) is 5.91 Å². The van der Waals surface area contributed by atoms with Crippen molar-refractivity contribution in [1.29, 1.82) is 0 Å². The van der Waals surface area contributed by atoms with Crippen molar-refractivity contribution < 1.29 is 9.32 Å². The maximum absolute atomic E-state index is 12.3. The maximum Gasteiger partial charge on any atom is 0.254 e. The van der Waals surface area contributed by atoms with E-state index in [1.165, 1.54) is 0 Å². The van der Waals surface area contributed by atoms with Crippen molar-refractivity contribution in [1.82, 2.24) is 15.0 Å². The monoisotopic (exact) mass is 257 g/mol. The molecule has 0 unspecified atom stereocenters. The van der Waals surface area contributed by atoms with Crippen molar-refractivity contribution in [3.8, 4) is 0 Å². The van der Waals surface area contributed by atoms with Gasteiger partial charge in [-0.05, 0) is 18.1 Å². The highest BCUT2D eigenvalue weighted by Gasteiger charge is 2.25. The third-order valence-electron chi connectivity index (χ3n) is 3.34. The lowest BCUT2D eigenvalue weighted by Gasteiger charge is -2.27. The summed E-state index contributed by atoms with van der Waals surface area (Å²) < 4.78 is 5.14. The minimum absolute atomic E-state index is 0.0399. The molecule has 0 fully saturated rings. The Morgan fingerprint density at radius 1 is 1.37 bits per heavy atom. The zero-order valence-corrected chi connectivity index (χ0v) is 10.8. The van der Waals surface area contributed by atoms with Crippen LogP contribution in [0.4, 0.5) is 0 Å². The van der Waals surface area contributed by atoms with Crippen LogP contribution in [-0.4, -0.2) is 27.5 Å². The van der Waals surface area contributed by atoms with Crippen LogP contribution in [0.15, 0.2) is 28.8 Å². The van der Waals surface area contributed by atoms with E-state index in [1.54, 1.807) is 4.90 Å². The van der Waals surface area contributed by atoms with Gasteiger partial charge in [0.25, 0.3) is 5.91 Å². The Bertz CT molecular complexity index is 606. The van der Waals surface area contributed by atoms with Gasteiger partial charge in [0.1, 0.15) is 6.54 Å². The Morgan fingerprint density at radius 3 is 3.00 bits per heavy atom. The molecule has 1 aliphatic rings. The summed E-state index contributed by atoms with van der Waals surface area (Å²) in [6.45, 7) is 3.05. The van der Waals surface area contributed by atoms with Crippen LogP contribution in [0.2, 0.25) is 0 Å². The third kappa shape index (κ3) is 2.23. The summed E-state index contributed by atoms with van der Waals surface area (Å²) in [5.41, 5.74) is 1.90. The highest BCUT2D eigenvalue weighted by molar-refractivity contribution is 5.96. The molecule has 98 valence electrons. The Kier molecular flexibility index (Phi) is 3.03. The zero-order chi connectivity index (χ0) is 13.2. The molecule has 1 aromatic carbocycles. The molecule has 2 heterocycles. The fourth-order valence-electron chi connectivity index (χ4n) is 2.29. The molecule has 0 N–H and O–H groups in total. The predicted octanol–water partition coefficient (Wildman–Crippen LogP) is 1.83. The van der Waals surface area contributed by atoms with Gasteiger partial charge in [0.2, 0.25) is 5.89 Å². The molecular formula is C14H15N3O2. The van der Waals surface area contributed by atoms with Gasteiger partial charge in [-0.25, -0.2) is 0 Å². The summed E-state index contributed by atoms with van der Waals surface area (Å²) in [5.74, 6) is 1.22. The minimum Gasteiger partial charge on any atom is -0.337 e. The first-order chi connectivity index (χ1) is 9.28. The fraction of sp³-hybridized carbons (Fsp3) is 0.357. The standard InChI is InChI=1S/C14H15N3O2/c1-2-12-15-13(19-16-12)9-17-8-7-10-5-3-4-6-11(10)14(17)18/h3-6H,2,7-9H2,1H3. The molecule has 1 aliphatic heterocycles. The molecule has 0 atom stereocenters. The van der Waals surface area contributed by atoms with Crippen molar-refractivity contribution in [3.63, 3.8) is 0 Å². The van der Waals surface area contributed by atoms with E-state index in [9.17, 15) is 4.79 Å². The Balaban J connectivity index is 1.79. The number of carbonyl (C=O) groups excluding carboxylic acids is 1. The first-order valence-corrected chi connectivity index (χ1v) is 6.46. The van der Waals surface area contributed by atoms with Crippen LogP contribution in [0.1, 0.15) is 34.6 Å². The van der Waals surface area contributed by atoms with E-state index in [0.29, 0.717) is 24.8 Å². The minimum atomic E-state index is 0.0399. The van der Waals surface area contributed by atoms with Crippen LogP contribution < -0.4 is 0 Å². The molecule has 19 heavy (non-hydrogen) atoms. The Labute approximate surface area is 111 Å². The summed E-state index contributed by atoms with van der Waals surface area (Å²) in [6, 6.07) is 7.73. The molecule has 2 aromatic rings. The lowest BCUT2D eigenvalue weighted by molar-refractivity contribution is 0.0708. The number of nitrogens with zero attached hydrogens (tertiary/aromatic N) is 3. The average molecular weight is 257 g/mol. The largest absolute Gasteiger partial charge is 0.337 e. The number of amides is 1. The molecule has 1 aromatic heterocycles. The highest BCUT2D eigenvalue weighted by Crippen LogP contribution is 2.19. The molecule has 5 heteroatoms. The SMILES string of the molecule is CCc1noc(CN2CCc3ccccc3C2=O)n1. The van der Waals surface area contributed by atoms with Crippen molar-refractivity contribution in [2.75, 3.05) is 6.54 Å². The van der Waals surface area contributed by atoms with Crippen LogP contribution >= 0.6 is 0 Å². The van der Waals surface area contributed by atoms with Gasteiger partial charge in [-0.3, -0.25) is 4.79 Å². The van der Waals surface area contributed by atoms with Gasteiger partial charge >= 0.3 is 0 Å². The average Bonchev–Trinajstić information content (AvgIpc) is 2.90. The molecular weight excluding hydrogens is 242 g/mol. The molecule has 0 saturated heterocycles. The van der Waals surface area contributed by atoms with Gasteiger partial charge in [0, 0.05) is 18.5 Å². The van der Waals surface area contributed by atoms with Crippen LogP contribution in [0.5, 0.6) is 0 Å². The lowest BCUT2D eigenvalue weighted by atomic mass is 9.99. The summed E-state index contributed by atoms with van der Waals surface area (Å²) in [6.07, 6.45) is 1.61. The normalized spacial score (nSPS) is 14.6. The number of aryl methyl sites for hydroxylation is 1. The van der Waals surface area contributed by atoms with Gasteiger partial charge in [-0.1, -0.05) is 30.3 Å². The molecule has 0 radical (unpaired) electrons. The maximum atomic E-state index is 12.3. The highest BCUT2D eigenvalue weighted by atomic mass is 16.5. The summed E-state index contributed by atoms with van der Waals surface area (Å²) in [7, 11) is 0. The molecule has 0 spiro atoms. The van der Waals surface area contributed by atoms with Gasteiger partial charge in [0.05, 0.1) is 0 Å². The number of rotatable bonds is 3. The second-order valence-corrected chi connectivity index (χ2v) is 4.59. The van der Waals surface area contributed by atoms with Gasteiger partial charge in [0.15, 0.2) is 5.82 Å². The fourth-order valence-corrected chi connectivity index (χ4v) is 2.29. The molecule has 3 rings (SSSR count). The number of hydrogen-bond donors (Lipinski definition) is 0. The summed E-state index contributed by atoms with van der Waals surface area (Å²) in [4.78, 5) is 18.3. The van der Waals surface area contributed by atoms with Crippen molar-refractivity contribution >= 4 is 5.91 Å². The van der Waals surface area contributed by atoms with E-state index in [2.05, 4.69) is 10.1 Å². The number of carbonyl (C=O) groups is 1. The van der Waals surface area contributed by atoms with Gasteiger partial charge < -0.3 is 9.42 Å². The second-order valence-electron chi connectivity index (χ2n) is 4.59. The Morgan fingerprint density at radius 2 is 2.21 bits per heavy atom. The molecule has 0 aliphatic carbocycles. The molecule has 0 saturated carbocycles. The summed E-state index contributed by atoms with van der Waals surface area (Å²) in [5, 5.41) is 3.85. The quantitative estimate of drug-likeness (QED) is 0.841. The molecule has 1 amide bonds. The number of benzene rings is 1. The van der Waals surface area contributed by atoms with Gasteiger partial charge in [-0.2, -0.15) is 4.98 Å².